The van der Waals surface area contributed by atoms with Crippen LogP contribution in [0.1, 0.15) is 17.4 Å². The van der Waals surface area contributed by atoms with Crippen LogP contribution in [0.3, 0.4) is 0 Å². The first-order valence-electron chi connectivity index (χ1n) is 6.19. The van der Waals surface area contributed by atoms with Crippen molar-refractivity contribution in [3.05, 3.63) is 52.6 Å². The van der Waals surface area contributed by atoms with Crippen molar-refractivity contribution in [3.8, 4) is 0 Å². The van der Waals surface area contributed by atoms with Crippen molar-refractivity contribution < 1.29 is 13.9 Å². The molecule has 20 heavy (non-hydrogen) atoms. The van der Waals surface area contributed by atoms with Crippen molar-refractivity contribution in [1.82, 2.24) is 4.98 Å². The SMILES string of the molecule is CCOC(=O)c1cc2c(=O)oc3ccccc3c2cn1. The van der Waals surface area contributed by atoms with Crippen LogP contribution in [-0.2, 0) is 4.74 Å². The van der Waals surface area contributed by atoms with Crippen LogP contribution in [0.4, 0.5) is 0 Å². The van der Waals surface area contributed by atoms with Gasteiger partial charge in [-0.3, -0.25) is 0 Å². The predicted octanol–water partition coefficient (Wildman–Crippen LogP) is 2.52. The van der Waals surface area contributed by atoms with Gasteiger partial charge in [0.2, 0.25) is 0 Å². The average molecular weight is 269 g/mol. The van der Waals surface area contributed by atoms with E-state index >= 15 is 0 Å². The third kappa shape index (κ3) is 1.93. The lowest BCUT2D eigenvalue weighted by atomic mass is 10.1. The lowest BCUT2D eigenvalue weighted by molar-refractivity contribution is 0.0520. The minimum absolute atomic E-state index is 0.0990. The van der Waals surface area contributed by atoms with Gasteiger partial charge in [0.15, 0.2) is 0 Å². The molecule has 5 nitrogen and oxygen atoms in total. The molecule has 3 aromatic rings. The van der Waals surface area contributed by atoms with Crippen LogP contribution in [0, 0.1) is 0 Å². The number of carbonyl (C=O) groups is 1. The molecule has 3 rings (SSSR count). The number of para-hydroxylation sites is 1. The molecular weight excluding hydrogens is 258 g/mol. The number of carbonyl (C=O) groups excluding carboxylic acids is 1. The second-order valence-corrected chi connectivity index (χ2v) is 4.22. The number of esters is 1. The Bertz CT molecular complexity index is 867. The van der Waals surface area contributed by atoms with Gasteiger partial charge in [-0.05, 0) is 19.1 Å². The van der Waals surface area contributed by atoms with E-state index < -0.39 is 11.6 Å². The Morgan fingerprint density at radius 1 is 1.25 bits per heavy atom. The summed E-state index contributed by atoms with van der Waals surface area (Å²) in [5, 5.41) is 1.76. The summed E-state index contributed by atoms with van der Waals surface area (Å²) in [4.78, 5) is 27.7. The van der Waals surface area contributed by atoms with Crippen LogP contribution >= 0.6 is 0 Å². The molecule has 2 heterocycles. The fourth-order valence-corrected chi connectivity index (χ4v) is 2.09. The first-order chi connectivity index (χ1) is 9.70. The van der Waals surface area contributed by atoms with Gasteiger partial charge in [-0.15, -0.1) is 0 Å². The number of fused-ring (bicyclic) bond motifs is 3. The maximum atomic E-state index is 12.0. The van der Waals surface area contributed by atoms with E-state index in [4.69, 9.17) is 9.15 Å². The van der Waals surface area contributed by atoms with Gasteiger partial charge in [0.05, 0.1) is 12.0 Å². The molecule has 2 aromatic heterocycles. The van der Waals surface area contributed by atoms with Crippen LogP contribution in [0.25, 0.3) is 21.7 Å². The molecule has 0 amide bonds. The summed E-state index contributed by atoms with van der Waals surface area (Å²) < 4.78 is 10.1. The molecule has 100 valence electrons. The van der Waals surface area contributed by atoms with E-state index in [0.29, 0.717) is 16.4 Å². The maximum absolute atomic E-state index is 12.0. The minimum atomic E-state index is -0.554. The summed E-state index contributed by atoms with van der Waals surface area (Å²) in [5.41, 5.74) is 0.101. The van der Waals surface area contributed by atoms with E-state index in [9.17, 15) is 9.59 Å². The number of rotatable bonds is 2. The van der Waals surface area contributed by atoms with Gasteiger partial charge >= 0.3 is 11.6 Å². The standard InChI is InChI=1S/C15H11NO4/c1-2-19-15(18)12-7-10-11(8-16-12)9-5-3-4-6-13(9)20-14(10)17/h3-8H,2H2,1H3. The molecular formula is C15H11NO4. The summed E-state index contributed by atoms with van der Waals surface area (Å²) in [7, 11) is 0. The van der Waals surface area contributed by atoms with Crippen molar-refractivity contribution >= 4 is 27.7 Å². The highest BCUT2D eigenvalue weighted by molar-refractivity contribution is 6.05. The molecule has 0 aliphatic rings. The number of ether oxygens (including phenoxy) is 1. The van der Waals surface area contributed by atoms with E-state index in [-0.39, 0.29) is 12.3 Å². The Morgan fingerprint density at radius 3 is 2.85 bits per heavy atom. The summed E-state index contributed by atoms with van der Waals surface area (Å²) in [6.07, 6.45) is 1.50. The van der Waals surface area contributed by atoms with E-state index in [1.807, 2.05) is 12.1 Å². The van der Waals surface area contributed by atoms with Crippen LogP contribution in [0.5, 0.6) is 0 Å². The van der Waals surface area contributed by atoms with Crippen molar-refractivity contribution in [3.63, 3.8) is 0 Å². The van der Waals surface area contributed by atoms with Crippen molar-refractivity contribution in [2.75, 3.05) is 6.61 Å². The van der Waals surface area contributed by atoms with Gasteiger partial charge in [0.1, 0.15) is 11.3 Å². The van der Waals surface area contributed by atoms with Gasteiger partial charge in [-0.1, -0.05) is 18.2 Å². The number of aromatic nitrogens is 1. The van der Waals surface area contributed by atoms with E-state index in [2.05, 4.69) is 4.98 Å². The fraction of sp³-hybridized carbons (Fsp3) is 0.133. The second-order valence-electron chi connectivity index (χ2n) is 4.22. The molecule has 0 aliphatic heterocycles. The van der Waals surface area contributed by atoms with E-state index in [1.165, 1.54) is 12.3 Å². The molecule has 0 aliphatic carbocycles. The van der Waals surface area contributed by atoms with E-state index in [1.54, 1.807) is 19.1 Å². The van der Waals surface area contributed by atoms with Crippen LogP contribution in [-0.4, -0.2) is 17.6 Å². The molecule has 0 unspecified atom stereocenters. The normalized spacial score (nSPS) is 10.8. The van der Waals surface area contributed by atoms with Gasteiger partial charge in [0, 0.05) is 17.0 Å². The van der Waals surface area contributed by atoms with Crippen LogP contribution in [0.15, 0.2) is 45.7 Å². The number of hydrogen-bond acceptors (Lipinski definition) is 5. The largest absolute Gasteiger partial charge is 0.461 e. The Morgan fingerprint density at radius 2 is 2.05 bits per heavy atom. The third-order valence-electron chi connectivity index (χ3n) is 2.99. The highest BCUT2D eigenvalue weighted by Gasteiger charge is 2.13. The molecule has 5 heteroatoms. The zero-order chi connectivity index (χ0) is 14.1. The maximum Gasteiger partial charge on any atom is 0.356 e. The Labute approximate surface area is 113 Å². The molecule has 0 radical (unpaired) electrons. The topological polar surface area (TPSA) is 69.4 Å². The lowest BCUT2D eigenvalue weighted by Crippen LogP contribution is -2.09. The van der Waals surface area contributed by atoms with Gasteiger partial charge in [0.25, 0.3) is 0 Å². The number of nitrogens with zero attached hydrogens (tertiary/aromatic N) is 1. The molecule has 0 bridgehead atoms. The zero-order valence-corrected chi connectivity index (χ0v) is 10.8. The van der Waals surface area contributed by atoms with Crippen molar-refractivity contribution in [1.29, 1.82) is 0 Å². The average Bonchev–Trinajstić information content (AvgIpc) is 2.47. The first-order valence-corrected chi connectivity index (χ1v) is 6.19. The number of pyridine rings is 1. The molecule has 0 saturated heterocycles. The quantitative estimate of drug-likeness (QED) is 0.406. The van der Waals surface area contributed by atoms with Crippen molar-refractivity contribution in [2.45, 2.75) is 6.92 Å². The lowest BCUT2D eigenvalue weighted by Gasteiger charge is -2.04. The van der Waals surface area contributed by atoms with Crippen molar-refractivity contribution in [2.24, 2.45) is 0 Å². The van der Waals surface area contributed by atoms with E-state index in [0.717, 1.165) is 5.39 Å². The Balaban J connectivity index is 2.30. The van der Waals surface area contributed by atoms with Crippen LogP contribution in [0.2, 0.25) is 0 Å². The molecule has 0 saturated carbocycles. The molecule has 0 N–H and O–H groups in total. The molecule has 1 aromatic carbocycles. The minimum Gasteiger partial charge on any atom is -0.461 e. The fourth-order valence-electron chi connectivity index (χ4n) is 2.09. The first kappa shape index (κ1) is 12.3. The molecule has 0 fully saturated rings. The second kappa shape index (κ2) is 4.77. The Hall–Kier alpha value is -2.69. The smallest absolute Gasteiger partial charge is 0.356 e. The highest BCUT2D eigenvalue weighted by atomic mass is 16.5. The van der Waals surface area contributed by atoms with Gasteiger partial charge in [-0.2, -0.15) is 0 Å². The predicted molar refractivity (Wildman–Crippen MR) is 73.7 cm³/mol. The number of hydrogen-bond donors (Lipinski definition) is 0. The molecule has 0 atom stereocenters. The number of benzene rings is 1. The van der Waals surface area contributed by atoms with Crippen LogP contribution < -0.4 is 5.63 Å². The van der Waals surface area contributed by atoms with Gasteiger partial charge < -0.3 is 9.15 Å². The molecule has 0 spiro atoms. The summed E-state index contributed by atoms with van der Waals surface area (Å²) in [6, 6.07) is 8.60. The zero-order valence-electron chi connectivity index (χ0n) is 10.8. The highest BCUT2D eigenvalue weighted by Crippen LogP contribution is 2.22. The Kier molecular flexibility index (Phi) is 2.95. The van der Waals surface area contributed by atoms with Gasteiger partial charge in [-0.25, -0.2) is 14.6 Å². The third-order valence-corrected chi connectivity index (χ3v) is 2.99. The summed E-state index contributed by atoms with van der Waals surface area (Å²) >= 11 is 0. The monoisotopic (exact) mass is 269 g/mol. The summed E-state index contributed by atoms with van der Waals surface area (Å²) in [5.74, 6) is -0.554. The summed E-state index contributed by atoms with van der Waals surface area (Å²) in [6.45, 7) is 1.96.